The third kappa shape index (κ3) is 2.79. The topological polar surface area (TPSA) is 54.5 Å². The molecule has 0 bridgehead atoms. The number of rotatable bonds is 4. The summed E-state index contributed by atoms with van der Waals surface area (Å²) in [5, 5.41) is 3.38. The second kappa shape index (κ2) is 5.82. The Morgan fingerprint density at radius 1 is 1.67 bits per heavy atom. The molecule has 1 aromatic rings. The lowest BCUT2D eigenvalue weighted by Gasteiger charge is -2.21. The van der Waals surface area contributed by atoms with Crippen LogP contribution in [0.2, 0.25) is 0 Å². The lowest BCUT2D eigenvalue weighted by molar-refractivity contribution is 0.0779. The Labute approximate surface area is 107 Å². The molecule has 0 saturated carbocycles. The molecule has 1 saturated heterocycles. The zero-order valence-electron chi connectivity index (χ0n) is 10.8. The first-order valence-corrected chi connectivity index (χ1v) is 6.20. The van der Waals surface area contributed by atoms with Crippen LogP contribution >= 0.6 is 0 Å². The molecule has 1 aromatic heterocycles. The van der Waals surface area contributed by atoms with Gasteiger partial charge in [0.05, 0.1) is 7.11 Å². The molecule has 0 spiro atoms. The van der Waals surface area contributed by atoms with Gasteiger partial charge in [0.2, 0.25) is 5.88 Å². The van der Waals surface area contributed by atoms with Crippen molar-refractivity contribution in [3.05, 3.63) is 23.9 Å². The molecule has 5 nitrogen and oxygen atoms in total. The number of aromatic nitrogens is 1. The van der Waals surface area contributed by atoms with Crippen molar-refractivity contribution in [1.82, 2.24) is 15.2 Å². The number of methoxy groups -OCH3 is 1. The van der Waals surface area contributed by atoms with Crippen molar-refractivity contribution in [1.29, 1.82) is 0 Å². The van der Waals surface area contributed by atoms with Gasteiger partial charge in [-0.15, -0.1) is 0 Å². The van der Waals surface area contributed by atoms with Crippen LogP contribution in [-0.2, 0) is 0 Å². The van der Waals surface area contributed by atoms with E-state index in [9.17, 15) is 4.79 Å². The molecule has 2 heterocycles. The van der Waals surface area contributed by atoms with Crippen LogP contribution in [-0.4, -0.2) is 49.1 Å². The molecule has 1 atom stereocenters. The highest BCUT2D eigenvalue weighted by atomic mass is 16.5. The summed E-state index contributed by atoms with van der Waals surface area (Å²) in [4.78, 5) is 18.1. The molecule has 1 aliphatic rings. The molecule has 2 rings (SSSR count). The molecule has 0 aromatic carbocycles. The van der Waals surface area contributed by atoms with E-state index >= 15 is 0 Å². The van der Waals surface area contributed by atoms with Crippen LogP contribution in [0.15, 0.2) is 18.3 Å². The molecular formula is C13H19N3O2. The van der Waals surface area contributed by atoms with Gasteiger partial charge in [-0.05, 0) is 31.5 Å². The fourth-order valence-electron chi connectivity index (χ4n) is 2.25. The van der Waals surface area contributed by atoms with Crippen LogP contribution in [0.4, 0.5) is 0 Å². The minimum absolute atomic E-state index is 0.0475. The van der Waals surface area contributed by atoms with Crippen LogP contribution in [0.1, 0.15) is 23.2 Å². The largest absolute Gasteiger partial charge is 0.480 e. The standard InChI is InChI=1S/C13H19N3O2/c1-16(9-10-5-3-7-14-10)13(17)11-6-4-8-15-12(11)18-2/h4,6,8,10,14H,3,5,7,9H2,1-2H3. The number of amides is 1. The van der Waals surface area contributed by atoms with Crippen LogP contribution in [0.25, 0.3) is 0 Å². The van der Waals surface area contributed by atoms with Gasteiger partial charge in [-0.3, -0.25) is 4.79 Å². The Bertz CT molecular complexity index is 416. The molecule has 1 amide bonds. The highest BCUT2D eigenvalue weighted by molar-refractivity contribution is 5.96. The fourth-order valence-corrected chi connectivity index (χ4v) is 2.25. The van der Waals surface area contributed by atoms with Crippen LogP contribution in [0.5, 0.6) is 5.88 Å². The molecular weight excluding hydrogens is 230 g/mol. The number of ether oxygens (including phenoxy) is 1. The Morgan fingerprint density at radius 2 is 2.50 bits per heavy atom. The Morgan fingerprint density at radius 3 is 3.17 bits per heavy atom. The number of carbonyl (C=O) groups is 1. The van der Waals surface area contributed by atoms with Crippen molar-refractivity contribution in [3.63, 3.8) is 0 Å². The summed E-state index contributed by atoms with van der Waals surface area (Å²) in [5.74, 6) is 0.336. The molecule has 0 radical (unpaired) electrons. The summed E-state index contributed by atoms with van der Waals surface area (Å²) >= 11 is 0. The van der Waals surface area contributed by atoms with Gasteiger partial charge < -0.3 is 15.0 Å². The highest BCUT2D eigenvalue weighted by Gasteiger charge is 2.21. The Balaban J connectivity index is 2.05. The number of carbonyl (C=O) groups excluding carboxylic acids is 1. The smallest absolute Gasteiger partial charge is 0.259 e. The summed E-state index contributed by atoms with van der Waals surface area (Å²) < 4.78 is 5.11. The average molecular weight is 249 g/mol. The van der Waals surface area contributed by atoms with Crippen LogP contribution in [0.3, 0.4) is 0 Å². The molecule has 1 fully saturated rings. The van der Waals surface area contributed by atoms with Crippen LogP contribution in [0, 0.1) is 0 Å². The van der Waals surface area contributed by atoms with Crippen molar-refractivity contribution in [2.24, 2.45) is 0 Å². The zero-order valence-corrected chi connectivity index (χ0v) is 10.8. The van der Waals surface area contributed by atoms with E-state index in [1.165, 1.54) is 13.5 Å². The number of hydrogen-bond acceptors (Lipinski definition) is 4. The summed E-state index contributed by atoms with van der Waals surface area (Å²) in [6.07, 6.45) is 3.93. The van der Waals surface area contributed by atoms with Crippen molar-refractivity contribution >= 4 is 5.91 Å². The van der Waals surface area contributed by atoms with Gasteiger partial charge >= 0.3 is 0 Å². The van der Waals surface area contributed by atoms with E-state index in [1.54, 1.807) is 23.2 Å². The quantitative estimate of drug-likeness (QED) is 0.862. The maximum absolute atomic E-state index is 12.3. The van der Waals surface area contributed by atoms with Gasteiger partial charge in [0.1, 0.15) is 5.56 Å². The molecule has 5 heteroatoms. The van der Waals surface area contributed by atoms with E-state index in [0.29, 0.717) is 17.5 Å². The second-order valence-electron chi connectivity index (χ2n) is 4.54. The molecule has 18 heavy (non-hydrogen) atoms. The van der Waals surface area contributed by atoms with Gasteiger partial charge in [0.25, 0.3) is 5.91 Å². The third-order valence-electron chi connectivity index (χ3n) is 3.20. The summed E-state index contributed by atoms with van der Waals surface area (Å²) in [6.45, 7) is 1.76. The predicted octanol–water partition coefficient (Wildman–Crippen LogP) is 0.914. The second-order valence-corrected chi connectivity index (χ2v) is 4.54. The van der Waals surface area contributed by atoms with E-state index in [4.69, 9.17) is 4.74 Å². The lowest BCUT2D eigenvalue weighted by atomic mass is 10.2. The van der Waals surface area contributed by atoms with Crippen molar-refractivity contribution in [2.75, 3.05) is 27.2 Å². The third-order valence-corrected chi connectivity index (χ3v) is 3.20. The van der Waals surface area contributed by atoms with Gasteiger partial charge in [-0.25, -0.2) is 4.98 Å². The normalized spacial score (nSPS) is 18.7. The summed E-state index contributed by atoms with van der Waals surface area (Å²) in [6, 6.07) is 3.89. The molecule has 1 N–H and O–H groups in total. The van der Waals surface area contributed by atoms with Crippen molar-refractivity contribution < 1.29 is 9.53 Å². The summed E-state index contributed by atoms with van der Waals surface area (Å²) in [5.41, 5.74) is 0.514. The first-order valence-electron chi connectivity index (χ1n) is 6.20. The van der Waals surface area contributed by atoms with E-state index in [2.05, 4.69) is 10.3 Å². The van der Waals surface area contributed by atoms with Gasteiger partial charge in [-0.2, -0.15) is 0 Å². The van der Waals surface area contributed by atoms with E-state index in [0.717, 1.165) is 19.5 Å². The Kier molecular flexibility index (Phi) is 4.15. The van der Waals surface area contributed by atoms with E-state index < -0.39 is 0 Å². The number of pyridine rings is 1. The van der Waals surface area contributed by atoms with E-state index in [-0.39, 0.29) is 5.91 Å². The molecule has 1 unspecified atom stereocenters. The van der Waals surface area contributed by atoms with Gasteiger partial charge in [0, 0.05) is 25.8 Å². The number of hydrogen-bond donors (Lipinski definition) is 1. The molecule has 0 aliphatic carbocycles. The van der Waals surface area contributed by atoms with Crippen LogP contribution < -0.4 is 10.1 Å². The highest BCUT2D eigenvalue weighted by Crippen LogP contribution is 2.16. The first kappa shape index (κ1) is 12.8. The van der Waals surface area contributed by atoms with Crippen molar-refractivity contribution in [2.45, 2.75) is 18.9 Å². The maximum atomic E-state index is 12.3. The zero-order chi connectivity index (χ0) is 13.0. The number of nitrogens with zero attached hydrogens (tertiary/aromatic N) is 2. The SMILES string of the molecule is COc1ncccc1C(=O)N(C)CC1CCCN1. The van der Waals surface area contributed by atoms with E-state index in [1.807, 2.05) is 7.05 Å². The maximum Gasteiger partial charge on any atom is 0.259 e. The van der Waals surface area contributed by atoms with Crippen molar-refractivity contribution in [3.8, 4) is 5.88 Å². The fraction of sp³-hybridized carbons (Fsp3) is 0.538. The Hall–Kier alpha value is -1.62. The predicted molar refractivity (Wildman–Crippen MR) is 68.8 cm³/mol. The monoisotopic (exact) mass is 249 g/mol. The number of likely N-dealkylation sites (N-methyl/N-ethyl adjacent to an activating group) is 1. The average Bonchev–Trinajstić information content (AvgIpc) is 2.90. The van der Waals surface area contributed by atoms with Gasteiger partial charge in [0.15, 0.2) is 0 Å². The molecule has 98 valence electrons. The summed E-state index contributed by atoms with van der Waals surface area (Å²) in [7, 11) is 3.34. The van der Waals surface area contributed by atoms with Gasteiger partial charge in [-0.1, -0.05) is 0 Å². The first-order chi connectivity index (χ1) is 8.72. The number of nitrogens with one attached hydrogen (secondary N) is 1. The minimum Gasteiger partial charge on any atom is -0.480 e. The lowest BCUT2D eigenvalue weighted by Crippen LogP contribution is -2.38. The molecule has 1 aliphatic heterocycles. The minimum atomic E-state index is -0.0475.